The van der Waals surface area contributed by atoms with Crippen LogP contribution in [0.4, 0.5) is 0 Å². The van der Waals surface area contributed by atoms with Crippen molar-refractivity contribution < 1.29 is 4.79 Å². The van der Waals surface area contributed by atoms with E-state index in [1.54, 1.807) is 0 Å². The molecule has 0 fully saturated rings. The summed E-state index contributed by atoms with van der Waals surface area (Å²) in [7, 11) is 0. The van der Waals surface area contributed by atoms with Crippen molar-refractivity contribution in [3.8, 4) is 0 Å². The van der Waals surface area contributed by atoms with E-state index in [-0.39, 0.29) is 11.9 Å². The first-order valence-corrected chi connectivity index (χ1v) is 5.86. The number of nitrogens with zero attached hydrogens (tertiary/aromatic N) is 3. The topological polar surface area (TPSA) is 110 Å². The zero-order chi connectivity index (χ0) is 12.7. The number of nitrogens with one attached hydrogen (secondary N) is 2. The lowest BCUT2D eigenvalue weighted by atomic mass is 10.0. The Hall–Kier alpha value is -1.50. The number of nitrogens with two attached hydrogens (primary N) is 1. The van der Waals surface area contributed by atoms with Gasteiger partial charge in [-0.25, -0.2) is 0 Å². The van der Waals surface area contributed by atoms with Crippen LogP contribution in [0.25, 0.3) is 0 Å². The van der Waals surface area contributed by atoms with E-state index in [0.717, 1.165) is 12.8 Å². The summed E-state index contributed by atoms with van der Waals surface area (Å²) in [4.78, 5) is 11.6. The molecule has 0 radical (unpaired) electrons. The van der Waals surface area contributed by atoms with Crippen molar-refractivity contribution >= 4 is 5.91 Å². The molecular weight excluding hydrogens is 220 g/mol. The largest absolute Gasteiger partial charge is 0.346 e. The first-order valence-electron chi connectivity index (χ1n) is 5.86. The molecule has 1 amide bonds. The van der Waals surface area contributed by atoms with E-state index >= 15 is 0 Å². The normalized spacial score (nSPS) is 14.3. The zero-order valence-electron chi connectivity index (χ0n) is 10.3. The summed E-state index contributed by atoms with van der Waals surface area (Å²) in [5.41, 5.74) is 5.45. The van der Waals surface area contributed by atoms with Crippen LogP contribution in [0, 0.1) is 5.92 Å². The third-order valence-electron chi connectivity index (χ3n) is 2.65. The van der Waals surface area contributed by atoms with Gasteiger partial charge in [0.15, 0.2) is 5.82 Å². The average Bonchev–Trinajstić information content (AvgIpc) is 2.80. The fourth-order valence-electron chi connectivity index (χ4n) is 1.54. The molecule has 1 aromatic rings. The molecule has 1 aromatic heterocycles. The molecule has 96 valence electrons. The van der Waals surface area contributed by atoms with Crippen molar-refractivity contribution in [1.82, 2.24) is 25.9 Å². The van der Waals surface area contributed by atoms with E-state index in [2.05, 4.69) is 32.9 Å². The molecule has 17 heavy (non-hydrogen) atoms. The molecule has 1 rings (SSSR count). The Morgan fingerprint density at radius 2 is 2.24 bits per heavy atom. The molecular formula is C10H20N6O. The van der Waals surface area contributed by atoms with Crippen LogP contribution in [0.1, 0.15) is 45.0 Å². The van der Waals surface area contributed by atoms with Gasteiger partial charge in [0.25, 0.3) is 0 Å². The molecule has 2 unspecified atom stereocenters. The first kappa shape index (κ1) is 13.6. The summed E-state index contributed by atoms with van der Waals surface area (Å²) >= 11 is 0. The van der Waals surface area contributed by atoms with E-state index in [1.807, 2.05) is 6.92 Å². The second-order valence-corrected chi connectivity index (χ2v) is 4.28. The molecule has 0 aliphatic rings. The molecule has 2 atom stereocenters. The fourth-order valence-corrected chi connectivity index (χ4v) is 1.54. The lowest BCUT2D eigenvalue weighted by molar-refractivity contribution is -0.122. The van der Waals surface area contributed by atoms with Gasteiger partial charge in [-0.05, 0) is 32.2 Å². The van der Waals surface area contributed by atoms with Crippen molar-refractivity contribution in [2.24, 2.45) is 11.7 Å². The van der Waals surface area contributed by atoms with Crippen LogP contribution in [0.15, 0.2) is 0 Å². The number of carbonyl (C=O) groups excluding carboxylic acids is 1. The van der Waals surface area contributed by atoms with Gasteiger partial charge in [-0.1, -0.05) is 12.1 Å². The van der Waals surface area contributed by atoms with Gasteiger partial charge in [-0.2, -0.15) is 5.21 Å². The van der Waals surface area contributed by atoms with Gasteiger partial charge in [-0.3, -0.25) is 4.79 Å². The molecule has 0 aliphatic carbocycles. The molecule has 7 heteroatoms. The molecule has 7 nitrogen and oxygen atoms in total. The van der Waals surface area contributed by atoms with E-state index in [4.69, 9.17) is 5.73 Å². The average molecular weight is 240 g/mol. The van der Waals surface area contributed by atoms with Crippen molar-refractivity contribution in [2.75, 3.05) is 6.54 Å². The Morgan fingerprint density at radius 1 is 1.47 bits per heavy atom. The molecule has 0 spiro atoms. The van der Waals surface area contributed by atoms with Crippen LogP contribution < -0.4 is 11.1 Å². The van der Waals surface area contributed by atoms with Gasteiger partial charge in [0.1, 0.15) is 0 Å². The highest BCUT2D eigenvalue weighted by molar-refractivity contribution is 5.76. The second-order valence-electron chi connectivity index (χ2n) is 4.28. The standard InChI is InChI=1S/C10H20N6O/c1-7(5-6-11)3-4-9(17)12-8(2)10-13-15-16-14-10/h7-8H,3-6,11H2,1-2H3,(H,12,17)(H,13,14,15,16). The van der Waals surface area contributed by atoms with E-state index < -0.39 is 0 Å². The number of rotatable bonds is 7. The van der Waals surface area contributed by atoms with Gasteiger partial charge in [0.2, 0.25) is 5.91 Å². The number of H-pyrrole nitrogens is 1. The number of carbonyl (C=O) groups is 1. The highest BCUT2D eigenvalue weighted by atomic mass is 16.1. The van der Waals surface area contributed by atoms with Crippen molar-refractivity contribution in [1.29, 1.82) is 0 Å². The number of amides is 1. The van der Waals surface area contributed by atoms with E-state index in [9.17, 15) is 4.79 Å². The van der Waals surface area contributed by atoms with Crippen molar-refractivity contribution in [2.45, 2.75) is 39.2 Å². The monoisotopic (exact) mass is 240 g/mol. The summed E-state index contributed by atoms with van der Waals surface area (Å²) < 4.78 is 0. The maximum Gasteiger partial charge on any atom is 0.220 e. The van der Waals surface area contributed by atoms with Crippen molar-refractivity contribution in [3.05, 3.63) is 5.82 Å². The van der Waals surface area contributed by atoms with Gasteiger partial charge in [-0.15, -0.1) is 10.2 Å². The first-order chi connectivity index (χ1) is 8.13. The summed E-state index contributed by atoms with van der Waals surface area (Å²) in [6, 6.07) is -0.217. The maximum absolute atomic E-state index is 11.6. The summed E-state index contributed by atoms with van der Waals surface area (Å²) in [6.07, 6.45) is 2.30. The Labute approximate surface area is 101 Å². The summed E-state index contributed by atoms with van der Waals surface area (Å²) in [6.45, 7) is 4.59. The Bertz CT molecular complexity index is 326. The summed E-state index contributed by atoms with van der Waals surface area (Å²) in [5, 5.41) is 16.3. The number of aromatic amines is 1. The Morgan fingerprint density at radius 3 is 2.82 bits per heavy atom. The minimum Gasteiger partial charge on any atom is -0.346 e. The zero-order valence-corrected chi connectivity index (χ0v) is 10.3. The lowest BCUT2D eigenvalue weighted by Crippen LogP contribution is -2.27. The predicted molar refractivity (Wildman–Crippen MR) is 62.8 cm³/mol. The minimum absolute atomic E-state index is 0.00571. The summed E-state index contributed by atoms with van der Waals surface area (Å²) in [5.74, 6) is 0.978. The fraction of sp³-hybridized carbons (Fsp3) is 0.800. The van der Waals surface area contributed by atoms with Crippen LogP contribution in [0.5, 0.6) is 0 Å². The SMILES string of the molecule is CC(CCN)CCC(=O)NC(C)c1nn[nH]n1. The van der Waals surface area contributed by atoms with Crippen LogP contribution in [-0.2, 0) is 4.79 Å². The van der Waals surface area contributed by atoms with Gasteiger partial charge >= 0.3 is 0 Å². The van der Waals surface area contributed by atoms with E-state index in [1.165, 1.54) is 0 Å². The number of aromatic nitrogens is 4. The molecule has 0 saturated carbocycles. The van der Waals surface area contributed by atoms with Gasteiger partial charge < -0.3 is 11.1 Å². The minimum atomic E-state index is -0.217. The number of tetrazole rings is 1. The molecule has 0 aromatic carbocycles. The number of hydrogen-bond donors (Lipinski definition) is 3. The third-order valence-corrected chi connectivity index (χ3v) is 2.65. The maximum atomic E-state index is 11.6. The smallest absolute Gasteiger partial charge is 0.220 e. The van der Waals surface area contributed by atoms with Crippen LogP contribution >= 0.6 is 0 Å². The van der Waals surface area contributed by atoms with Crippen LogP contribution in [0.2, 0.25) is 0 Å². The molecule has 0 aliphatic heterocycles. The quantitative estimate of drug-likeness (QED) is 0.628. The van der Waals surface area contributed by atoms with Crippen LogP contribution in [0.3, 0.4) is 0 Å². The highest BCUT2D eigenvalue weighted by Crippen LogP contribution is 2.10. The third kappa shape index (κ3) is 4.90. The van der Waals surface area contributed by atoms with Gasteiger partial charge in [0, 0.05) is 6.42 Å². The number of hydrogen-bond acceptors (Lipinski definition) is 5. The molecule has 1 heterocycles. The Balaban J connectivity index is 2.25. The lowest BCUT2D eigenvalue weighted by Gasteiger charge is -2.12. The highest BCUT2D eigenvalue weighted by Gasteiger charge is 2.13. The Kier molecular flexibility index (Phi) is 5.55. The van der Waals surface area contributed by atoms with Crippen molar-refractivity contribution in [3.63, 3.8) is 0 Å². The second kappa shape index (κ2) is 6.95. The van der Waals surface area contributed by atoms with E-state index in [0.29, 0.717) is 24.7 Å². The molecule has 0 saturated heterocycles. The predicted octanol–water partition coefficient (Wildman–Crippen LogP) is 0.142. The molecule has 4 N–H and O–H groups in total. The van der Waals surface area contributed by atoms with Gasteiger partial charge in [0.05, 0.1) is 6.04 Å². The van der Waals surface area contributed by atoms with Crippen LogP contribution in [-0.4, -0.2) is 33.1 Å². The molecule has 0 bridgehead atoms.